The van der Waals surface area contributed by atoms with Crippen molar-refractivity contribution in [2.45, 2.75) is 0 Å². The van der Waals surface area contributed by atoms with Gasteiger partial charge in [0.2, 0.25) is 0 Å². The molecule has 0 aliphatic heterocycles. The van der Waals surface area contributed by atoms with Crippen LogP contribution in [0.4, 0.5) is 20.2 Å². The van der Waals surface area contributed by atoms with E-state index in [1.165, 1.54) is 36.4 Å². The predicted octanol–water partition coefficient (Wildman–Crippen LogP) is 5.62. The van der Waals surface area contributed by atoms with Crippen LogP contribution >= 0.6 is 0 Å². The smallest absolute Gasteiger partial charge is 0.258 e. The van der Waals surface area contributed by atoms with E-state index < -0.39 is 23.4 Å². The van der Waals surface area contributed by atoms with Crippen LogP contribution in [0.2, 0.25) is 0 Å². The average Bonchev–Trinajstić information content (AvgIpc) is 2.74. The van der Waals surface area contributed by atoms with Crippen LogP contribution in [0.15, 0.2) is 84.9 Å². The second-order valence-electron chi connectivity index (χ2n) is 6.61. The maximum absolute atomic E-state index is 14.0. The van der Waals surface area contributed by atoms with Crippen molar-refractivity contribution in [1.82, 2.24) is 0 Å². The van der Waals surface area contributed by atoms with Crippen molar-refractivity contribution in [2.75, 3.05) is 10.6 Å². The average molecular weight is 402 g/mol. The molecule has 148 valence electrons. The molecule has 0 fully saturated rings. The Labute approximate surface area is 171 Å². The summed E-state index contributed by atoms with van der Waals surface area (Å²) < 4.78 is 28.0. The first-order valence-corrected chi connectivity index (χ1v) is 9.17. The van der Waals surface area contributed by atoms with Crippen molar-refractivity contribution >= 4 is 34.0 Å². The molecular weight excluding hydrogens is 386 g/mol. The van der Waals surface area contributed by atoms with Gasteiger partial charge in [0.1, 0.15) is 11.6 Å². The maximum Gasteiger partial charge on any atom is 0.258 e. The van der Waals surface area contributed by atoms with E-state index in [1.54, 1.807) is 24.3 Å². The van der Waals surface area contributed by atoms with E-state index in [-0.39, 0.29) is 22.5 Å². The minimum Gasteiger partial charge on any atom is -0.320 e. The lowest BCUT2D eigenvalue weighted by molar-refractivity contribution is 0.101. The monoisotopic (exact) mass is 402 g/mol. The molecule has 0 saturated heterocycles. The van der Waals surface area contributed by atoms with Crippen LogP contribution in [0.5, 0.6) is 0 Å². The summed E-state index contributed by atoms with van der Waals surface area (Å²) in [6, 6.07) is 21.9. The minimum atomic E-state index is -0.662. The molecule has 0 atom stereocenters. The Morgan fingerprint density at radius 2 is 0.933 bits per heavy atom. The van der Waals surface area contributed by atoms with E-state index in [1.807, 2.05) is 24.3 Å². The Hall–Kier alpha value is -4.06. The zero-order chi connectivity index (χ0) is 21.1. The van der Waals surface area contributed by atoms with E-state index in [9.17, 15) is 18.4 Å². The molecule has 4 aromatic rings. The number of carbonyl (C=O) groups excluding carboxylic acids is 2. The molecule has 0 aliphatic rings. The Morgan fingerprint density at radius 3 is 1.33 bits per heavy atom. The number of halogens is 2. The van der Waals surface area contributed by atoms with Crippen LogP contribution in [0.3, 0.4) is 0 Å². The van der Waals surface area contributed by atoms with Gasteiger partial charge < -0.3 is 10.6 Å². The molecule has 2 N–H and O–H groups in total. The number of hydrogen-bond donors (Lipinski definition) is 2. The molecule has 2 amide bonds. The highest BCUT2D eigenvalue weighted by atomic mass is 19.1. The van der Waals surface area contributed by atoms with Crippen molar-refractivity contribution in [2.24, 2.45) is 0 Å². The van der Waals surface area contributed by atoms with E-state index in [4.69, 9.17) is 0 Å². The lowest BCUT2D eigenvalue weighted by Gasteiger charge is -2.15. The van der Waals surface area contributed by atoms with Crippen LogP contribution in [0.1, 0.15) is 20.7 Å². The van der Waals surface area contributed by atoms with Crippen molar-refractivity contribution in [1.29, 1.82) is 0 Å². The van der Waals surface area contributed by atoms with Gasteiger partial charge in [0.25, 0.3) is 11.8 Å². The van der Waals surface area contributed by atoms with Gasteiger partial charge in [-0.2, -0.15) is 0 Å². The van der Waals surface area contributed by atoms with E-state index >= 15 is 0 Å². The van der Waals surface area contributed by atoms with E-state index in [2.05, 4.69) is 10.6 Å². The molecule has 0 unspecified atom stereocenters. The lowest BCUT2D eigenvalue weighted by Crippen LogP contribution is -2.18. The van der Waals surface area contributed by atoms with Gasteiger partial charge in [-0.05, 0) is 47.2 Å². The number of amides is 2. The van der Waals surface area contributed by atoms with E-state index in [0.29, 0.717) is 0 Å². The first kappa shape index (κ1) is 19.3. The number of rotatable bonds is 4. The van der Waals surface area contributed by atoms with Crippen molar-refractivity contribution in [3.8, 4) is 0 Å². The fourth-order valence-corrected chi connectivity index (χ4v) is 3.12. The van der Waals surface area contributed by atoms with Crippen molar-refractivity contribution in [3.05, 3.63) is 108 Å². The standard InChI is InChI=1S/C24H16F2N2O2/c25-19-11-5-3-9-17(19)23(29)27-21-13-15-7-1-2-8-16(15)14-22(21)28-24(30)18-10-4-6-12-20(18)26/h1-14H,(H,27,29)(H,28,30). The molecule has 0 radical (unpaired) electrons. The third kappa shape index (κ3) is 3.89. The summed E-state index contributed by atoms with van der Waals surface area (Å²) in [5, 5.41) is 6.91. The Kier molecular flexibility index (Phi) is 5.22. The maximum atomic E-state index is 14.0. The molecular formula is C24H16F2N2O2. The summed E-state index contributed by atoms with van der Waals surface area (Å²) in [7, 11) is 0. The molecule has 0 aromatic heterocycles. The molecule has 6 heteroatoms. The normalized spacial score (nSPS) is 10.6. The van der Waals surface area contributed by atoms with Gasteiger partial charge in [0, 0.05) is 0 Å². The Morgan fingerprint density at radius 1 is 0.567 bits per heavy atom. The summed E-state index contributed by atoms with van der Waals surface area (Å²) in [5.74, 6) is -2.64. The molecule has 4 nitrogen and oxygen atoms in total. The van der Waals surface area contributed by atoms with Gasteiger partial charge in [0.05, 0.1) is 22.5 Å². The number of carbonyl (C=O) groups is 2. The molecule has 0 bridgehead atoms. The molecule has 30 heavy (non-hydrogen) atoms. The first-order valence-electron chi connectivity index (χ1n) is 9.17. The van der Waals surface area contributed by atoms with Gasteiger partial charge >= 0.3 is 0 Å². The minimum absolute atomic E-state index is 0.128. The molecule has 0 aliphatic carbocycles. The SMILES string of the molecule is O=C(Nc1cc2ccccc2cc1NC(=O)c1ccccc1F)c1ccccc1F. The first-order chi connectivity index (χ1) is 14.5. The lowest BCUT2D eigenvalue weighted by atomic mass is 10.1. The summed E-state index contributed by atoms with van der Waals surface area (Å²) in [5.41, 5.74) is 0.285. The number of benzene rings is 4. The van der Waals surface area contributed by atoms with Crippen molar-refractivity contribution < 1.29 is 18.4 Å². The summed E-state index contributed by atoms with van der Waals surface area (Å²) in [6.45, 7) is 0. The van der Waals surface area contributed by atoms with Gasteiger partial charge in [-0.25, -0.2) is 8.78 Å². The predicted molar refractivity (Wildman–Crippen MR) is 113 cm³/mol. The topological polar surface area (TPSA) is 58.2 Å². The van der Waals surface area contributed by atoms with Gasteiger partial charge in [0.15, 0.2) is 0 Å². The second kappa shape index (κ2) is 8.13. The number of nitrogens with one attached hydrogen (secondary N) is 2. The van der Waals surface area contributed by atoms with Crippen LogP contribution in [0, 0.1) is 11.6 Å². The molecule has 4 rings (SSSR count). The zero-order valence-corrected chi connectivity index (χ0v) is 15.7. The summed E-state index contributed by atoms with van der Waals surface area (Å²) in [4.78, 5) is 25.2. The Balaban J connectivity index is 1.72. The quantitative estimate of drug-likeness (QED) is 0.465. The van der Waals surface area contributed by atoms with Crippen LogP contribution in [0.25, 0.3) is 10.8 Å². The van der Waals surface area contributed by atoms with Crippen LogP contribution in [-0.4, -0.2) is 11.8 Å². The summed E-state index contributed by atoms with van der Waals surface area (Å²) in [6.07, 6.45) is 0. The fourth-order valence-electron chi connectivity index (χ4n) is 3.12. The second-order valence-corrected chi connectivity index (χ2v) is 6.61. The number of hydrogen-bond acceptors (Lipinski definition) is 2. The van der Waals surface area contributed by atoms with Gasteiger partial charge in [-0.1, -0.05) is 48.5 Å². The molecule has 0 saturated carbocycles. The van der Waals surface area contributed by atoms with E-state index in [0.717, 1.165) is 10.8 Å². The summed E-state index contributed by atoms with van der Waals surface area (Å²) >= 11 is 0. The molecule has 0 spiro atoms. The molecule has 0 heterocycles. The number of anilines is 2. The van der Waals surface area contributed by atoms with Crippen LogP contribution in [-0.2, 0) is 0 Å². The Bertz CT molecular complexity index is 1170. The number of fused-ring (bicyclic) bond motifs is 1. The highest BCUT2D eigenvalue weighted by molar-refractivity contribution is 6.12. The highest BCUT2D eigenvalue weighted by Crippen LogP contribution is 2.30. The zero-order valence-electron chi connectivity index (χ0n) is 15.7. The van der Waals surface area contributed by atoms with Gasteiger partial charge in [-0.15, -0.1) is 0 Å². The fraction of sp³-hybridized carbons (Fsp3) is 0. The van der Waals surface area contributed by atoms with Crippen LogP contribution < -0.4 is 10.6 Å². The third-order valence-electron chi connectivity index (χ3n) is 4.62. The highest BCUT2D eigenvalue weighted by Gasteiger charge is 2.17. The largest absolute Gasteiger partial charge is 0.320 e. The van der Waals surface area contributed by atoms with Crippen molar-refractivity contribution in [3.63, 3.8) is 0 Å². The third-order valence-corrected chi connectivity index (χ3v) is 4.62. The molecule has 4 aromatic carbocycles. The van der Waals surface area contributed by atoms with Gasteiger partial charge in [-0.3, -0.25) is 9.59 Å².